The minimum Gasteiger partial charge on any atom is -0.378 e. The minimum atomic E-state index is -0.450. The summed E-state index contributed by atoms with van der Waals surface area (Å²) < 4.78 is 14.1. The van der Waals surface area contributed by atoms with E-state index in [4.69, 9.17) is 34.8 Å². The molecule has 6 heteroatoms. The highest BCUT2D eigenvalue weighted by Gasteiger charge is 2.09. The first-order chi connectivity index (χ1) is 8.99. The van der Waals surface area contributed by atoms with Crippen molar-refractivity contribution < 1.29 is 4.39 Å². The van der Waals surface area contributed by atoms with Crippen LogP contribution in [0.25, 0.3) is 0 Å². The maximum atomic E-state index is 13.3. The maximum absolute atomic E-state index is 13.3. The summed E-state index contributed by atoms with van der Waals surface area (Å²) in [6.07, 6.45) is 0. The van der Waals surface area contributed by atoms with Gasteiger partial charge < -0.3 is 5.32 Å². The van der Waals surface area contributed by atoms with Crippen molar-refractivity contribution in [3.05, 3.63) is 61.3 Å². The highest BCUT2D eigenvalue weighted by molar-refractivity contribution is 9.10. The number of nitrogens with one attached hydrogen (secondary N) is 1. The molecule has 2 aromatic carbocycles. The molecule has 0 heterocycles. The molecule has 0 spiro atoms. The topological polar surface area (TPSA) is 12.0 Å². The third-order valence-corrected chi connectivity index (χ3v) is 3.97. The molecule has 0 fully saturated rings. The van der Waals surface area contributed by atoms with Crippen LogP contribution in [0.1, 0.15) is 5.56 Å². The van der Waals surface area contributed by atoms with Gasteiger partial charge in [-0.3, -0.25) is 0 Å². The summed E-state index contributed by atoms with van der Waals surface area (Å²) in [5.41, 5.74) is 1.23. The molecule has 0 saturated carbocycles. The zero-order valence-electron chi connectivity index (χ0n) is 9.48. The predicted octanol–water partition coefficient (Wildman–Crippen LogP) is 6.16. The van der Waals surface area contributed by atoms with Gasteiger partial charge in [0.15, 0.2) is 0 Å². The maximum Gasteiger partial charge on any atom is 0.142 e. The highest BCUT2D eigenvalue weighted by Crippen LogP contribution is 2.34. The Morgan fingerprint density at radius 1 is 1.11 bits per heavy atom. The number of anilines is 1. The molecule has 2 aromatic rings. The van der Waals surface area contributed by atoms with E-state index < -0.39 is 5.82 Å². The van der Waals surface area contributed by atoms with Crippen LogP contribution in [-0.4, -0.2) is 0 Å². The first kappa shape index (κ1) is 14.9. The number of rotatable bonds is 3. The van der Waals surface area contributed by atoms with E-state index in [-0.39, 0.29) is 5.02 Å². The number of hydrogen-bond donors (Lipinski definition) is 1. The highest BCUT2D eigenvalue weighted by atomic mass is 79.9. The molecule has 0 saturated heterocycles. The summed E-state index contributed by atoms with van der Waals surface area (Å²) in [6, 6.07) is 8.10. The average molecular weight is 383 g/mol. The van der Waals surface area contributed by atoms with E-state index >= 15 is 0 Å². The molecule has 100 valence electrons. The van der Waals surface area contributed by atoms with Crippen LogP contribution in [0.15, 0.2) is 34.8 Å². The molecule has 0 atom stereocenters. The Hall–Kier alpha value is -0.480. The average Bonchev–Trinajstić information content (AvgIpc) is 2.33. The SMILES string of the molecule is Fc1cccc(CNc2c(Cl)cc(Br)cc2Cl)c1Cl. The smallest absolute Gasteiger partial charge is 0.142 e. The molecule has 1 N–H and O–H groups in total. The fourth-order valence-electron chi connectivity index (χ4n) is 1.58. The molecule has 19 heavy (non-hydrogen) atoms. The van der Waals surface area contributed by atoms with Gasteiger partial charge in [-0.2, -0.15) is 0 Å². The van der Waals surface area contributed by atoms with Crippen molar-refractivity contribution in [3.63, 3.8) is 0 Å². The van der Waals surface area contributed by atoms with E-state index in [9.17, 15) is 4.39 Å². The van der Waals surface area contributed by atoms with Gasteiger partial charge in [0.2, 0.25) is 0 Å². The van der Waals surface area contributed by atoms with E-state index in [0.717, 1.165) is 4.47 Å². The lowest BCUT2D eigenvalue weighted by molar-refractivity contribution is 0.626. The summed E-state index contributed by atoms with van der Waals surface area (Å²) >= 11 is 21.3. The van der Waals surface area contributed by atoms with Crippen molar-refractivity contribution >= 4 is 56.4 Å². The summed E-state index contributed by atoms with van der Waals surface area (Å²) in [6.45, 7) is 0.331. The zero-order valence-corrected chi connectivity index (χ0v) is 13.3. The van der Waals surface area contributed by atoms with E-state index in [1.165, 1.54) is 6.07 Å². The van der Waals surface area contributed by atoms with Crippen LogP contribution in [0, 0.1) is 5.82 Å². The Morgan fingerprint density at radius 3 is 2.37 bits per heavy atom. The summed E-state index contributed by atoms with van der Waals surface area (Å²) in [7, 11) is 0. The second-order valence-corrected chi connectivity index (χ2v) is 5.92. The van der Waals surface area contributed by atoms with E-state index in [1.807, 2.05) is 0 Å². The van der Waals surface area contributed by atoms with E-state index in [0.29, 0.717) is 27.8 Å². The molecule has 0 aliphatic carbocycles. The Labute approximate surface area is 133 Å². The minimum absolute atomic E-state index is 0.0966. The van der Waals surface area contributed by atoms with Gasteiger partial charge in [0.05, 0.1) is 20.8 Å². The standard InChI is InChI=1S/C13H8BrCl3FN/c14-8-4-9(15)13(10(16)5-8)19-6-7-2-1-3-11(18)12(7)17/h1-5,19H,6H2. The van der Waals surface area contributed by atoms with Crippen molar-refractivity contribution in [2.45, 2.75) is 6.54 Å². The lowest BCUT2D eigenvalue weighted by atomic mass is 10.2. The van der Waals surface area contributed by atoms with Crippen LogP contribution in [0.2, 0.25) is 15.1 Å². The van der Waals surface area contributed by atoms with Crippen LogP contribution in [0.3, 0.4) is 0 Å². The summed E-state index contributed by atoms with van der Waals surface area (Å²) in [5, 5.41) is 4.11. The second kappa shape index (κ2) is 6.31. The van der Waals surface area contributed by atoms with Gasteiger partial charge in [-0.1, -0.05) is 62.9 Å². The van der Waals surface area contributed by atoms with Gasteiger partial charge in [-0.25, -0.2) is 4.39 Å². The van der Waals surface area contributed by atoms with Crippen molar-refractivity contribution in [2.75, 3.05) is 5.32 Å². The normalized spacial score (nSPS) is 10.6. The molecule has 0 radical (unpaired) electrons. The summed E-state index contributed by atoms with van der Waals surface area (Å²) in [5.74, 6) is -0.450. The Morgan fingerprint density at radius 2 is 1.74 bits per heavy atom. The van der Waals surface area contributed by atoms with Gasteiger partial charge in [0.25, 0.3) is 0 Å². The molecule has 0 unspecified atom stereocenters. The van der Waals surface area contributed by atoms with Crippen molar-refractivity contribution in [1.82, 2.24) is 0 Å². The molecule has 0 bridgehead atoms. The largest absolute Gasteiger partial charge is 0.378 e. The quantitative estimate of drug-likeness (QED) is 0.669. The second-order valence-electron chi connectivity index (χ2n) is 3.81. The van der Waals surface area contributed by atoms with Gasteiger partial charge in [0, 0.05) is 11.0 Å². The zero-order chi connectivity index (χ0) is 14.0. The van der Waals surface area contributed by atoms with Gasteiger partial charge in [-0.05, 0) is 23.8 Å². The van der Waals surface area contributed by atoms with Crippen LogP contribution in [0.5, 0.6) is 0 Å². The Bertz CT molecular complexity index is 596. The lowest BCUT2D eigenvalue weighted by Gasteiger charge is -2.12. The van der Waals surface area contributed by atoms with Gasteiger partial charge in [0.1, 0.15) is 5.82 Å². The fraction of sp³-hybridized carbons (Fsp3) is 0.0769. The van der Waals surface area contributed by atoms with Crippen molar-refractivity contribution in [2.24, 2.45) is 0 Å². The molecule has 1 nitrogen and oxygen atoms in total. The Kier molecular flexibility index (Phi) is 4.96. The van der Waals surface area contributed by atoms with Crippen LogP contribution < -0.4 is 5.32 Å². The van der Waals surface area contributed by atoms with E-state index in [1.54, 1.807) is 24.3 Å². The lowest BCUT2D eigenvalue weighted by Crippen LogP contribution is -2.02. The van der Waals surface area contributed by atoms with Crippen LogP contribution >= 0.6 is 50.7 Å². The van der Waals surface area contributed by atoms with Crippen molar-refractivity contribution in [1.29, 1.82) is 0 Å². The molecule has 0 amide bonds. The number of halogens is 5. The molecular weight excluding hydrogens is 375 g/mol. The number of benzene rings is 2. The molecule has 0 aromatic heterocycles. The van der Waals surface area contributed by atoms with Crippen LogP contribution in [0.4, 0.5) is 10.1 Å². The molecule has 0 aliphatic rings. The third kappa shape index (κ3) is 3.54. The fourth-order valence-corrected chi connectivity index (χ4v) is 3.11. The molecule has 2 rings (SSSR count). The Balaban J connectivity index is 2.22. The monoisotopic (exact) mass is 381 g/mol. The van der Waals surface area contributed by atoms with Crippen LogP contribution in [-0.2, 0) is 6.54 Å². The summed E-state index contributed by atoms with van der Waals surface area (Å²) in [4.78, 5) is 0. The first-order valence-electron chi connectivity index (χ1n) is 5.30. The van der Waals surface area contributed by atoms with Gasteiger partial charge in [-0.15, -0.1) is 0 Å². The molecule has 0 aliphatic heterocycles. The molecular formula is C13H8BrCl3FN. The number of hydrogen-bond acceptors (Lipinski definition) is 1. The van der Waals surface area contributed by atoms with Gasteiger partial charge >= 0.3 is 0 Å². The van der Waals surface area contributed by atoms with Crippen molar-refractivity contribution in [3.8, 4) is 0 Å². The predicted molar refractivity (Wildman–Crippen MR) is 82.9 cm³/mol. The van der Waals surface area contributed by atoms with E-state index in [2.05, 4.69) is 21.2 Å². The first-order valence-corrected chi connectivity index (χ1v) is 7.23. The third-order valence-electron chi connectivity index (χ3n) is 2.49.